The molecule has 136 valence electrons. The minimum Gasteiger partial charge on any atom is -0.413 e. The molecule has 0 N–H and O–H groups in total. The van der Waals surface area contributed by atoms with Gasteiger partial charge in [0.15, 0.2) is 19.9 Å². The van der Waals surface area contributed by atoms with E-state index in [1.165, 1.54) is 0 Å². The van der Waals surface area contributed by atoms with Gasteiger partial charge in [-0.2, -0.15) is 0 Å². The number of fused-ring (bicyclic) bond motifs is 1. The summed E-state index contributed by atoms with van der Waals surface area (Å²) in [7, 11) is -2.02. The molecule has 0 radical (unpaired) electrons. The molecule has 1 saturated carbocycles. The Bertz CT molecular complexity index is 594. The molecule has 0 aliphatic heterocycles. The fourth-order valence-electron chi connectivity index (χ4n) is 4.40. The first kappa shape index (κ1) is 19.6. The Morgan fingerprint density at radius 2 is 1.71 bits per heavy atom. The van der Waals surface area contributed by atoms with Crippen molar-refractivity contribution >= 4 is 19.9 Å². The average Bonchev–Trinajstić information content (AvgIpc) is 2.38. The highest BCUT2D eigenvalue weighted by atomic mass is 28.4. The molecule has 0 saturated heterocycles. The highest BCUT2D eigenvalue weighted by molar-refractivity contribution is 6.74. The van der Waals surface area contributed by atoms with E-state index in [1.807, 2.05) is 6.92 Å². The molecule has 2 aliphatic carbocycles. The van der Waals surface area contributed by atoms with Crippen LogP contribution in [0.1, 0.15) is 61.3 Å². The molecule has 0 unspecified atom stereocenters. The van der Waals surface area contributed by atoms with Crippen LogP contribution in [0.3, 0.4) is 0 Å². The van der Waals surface area contributed by atoms with Crippen molar-refractivity contribution in [3.8, 4) is 0 Å². The number of hydrogen-bond acceptors (Lipinski definition) is 3. The summed E-state index contributed by atoms with van der Waals surface area (Å²) in [6.45, 7) is 19.1. The largest absolute Gasteiger partial charge is 0.413 e. The summed E-state index contributed by atoms with van der Waals surface area (Å²) in [4.78, 5) is 26.0. The van der Waals surface area contributed by atoms with Crippen LogP contribution in [0.15, 0.2) is 11.6 Å². The Morgan fingerprint density at radius 1 is 1.17 bits per heavy atom. The number of ketones is 2. The smallest absolute Gasteiger partial charge is 0.192 e. The van der Waals surface area contributed by atoms with Gasteiger partial charge in [0, 0.05) is 5.92 Å². The van der Waals surface area contributed by atoms with Crippen LogP contribution in [0.5, 0.6) is 0 Å². The van der Waals surface area contributed by atoms with E-state index in [9.17, 15) is 9.59 Å². The summed E-state index contributed by atoms with van der Waals surface area (Å²) in [5, 5.41) is 0.0818. The quantitative estimate of drug-likeness (QED) is 0.664. The van der Waals surface area contributed by atoms with Gasteiger partial charge in [-0.25, -0.2) is 0 Å². The Labute approximate surface area is 148 Å². The minimum atomic E-state index is -2.02. The molecule has 0 amide bonds. The second-order valence-electron chi connectivity index (χ2n) is 10.2. The van der Waals surface area contributed by atoms with Crippen LogP contribution in [0.2, 0.25) is 18.1 Å². The van der Waals surface area contributed by atoms with Gasteiger partial charge in [-0.3, -0.25) is 9.59 Å². The Balaban J connectivity index is 2.51. The molecular weight excluding hydrogens is 316 g/mol. The lowest BCUT2D eigenvalue weighted by atomic mass is 9.50. The van der Waals surface area contributed by atoms with E-state index in [2.05, 4.69) is 47.7 Å². The van der Waals surface area contributed by atoms with Crippen molar-refractivity contribution in [2.24, 2.45) is 16.7 Å². The summed E-state index contributed by atoms with van der Waals surface area (Å²) < 4.78 is 6.71. The molecule has 0 bridgehead atoms. The lowest BCUT2D eigenvalue weighted by molar-refractivity contribution is -0.159. The summed E-state index contributed by atoms with van der Waals surface area (Å²) in [6, 6.07) is 0. The molecule has 3 nitrogen and oxygen atoms in total. The van der Waals surface area contributed by atoms with Crippen molar-refractivity contribution in [3.05, 3.63) is 11.6 Å². The standard InChI is InChI=1S/C20H34O3Si/c1-13-12-14(21)16-19(5,6)11-10-15(20(16,7)17(13)22)23-24(8,9)18(2,3)4/h12,15-16H,10-11H2,1-9H3/t15-,16+,20-/m0/s1. The van der Waals surface area contributed by atoms with Crippen molar-refractivity contribution in [2.45, 2.75) is 85.5 Å². The van der Waals surface area contributed by atoms with Crippen LogP contribution in [0.4, 0.5) is 0 Å². The number of carbonyl (C=O) groups excluding carboxylic acids is 2. The van der Waals surface area contributed by atoms with Crippen molar-refractivity contribution in [3.63, 3.8) is 0 Å². The van der Waals surface area contributed by atoms with E-state index in [-0.39, 0.29) is 34.0 Å². The lowest BCUT2D eigenvalue weighted by Crippen LogP contribution is -2.62. The normalized spacial score (nSPS) is 34.0. The first-order chi connectivity index (χ1) is 10.6. The van der Waals surface area contributed by atoms with Crippen molar-refractivity contribution in [1.82, 2.24) is 0 Å². The van der Waals surface area contributed by atoms with Gasteiger partial charge < -0.3 is 4.43 Å². The second kappa shape index (κ2) is 5.63. The minimum absolute atomic E-state index is 0.0818. The van der Waals surface area contributed by atoms with E-state index in [0.29, 0.717) is 5.57 Å². The average molecular weight is 351 g/mol. The third-order valence-electron chi connectivity index (χ3n) is 6.83. The van der Waals surface area contributed by atoms with Gasteiger partial charge in [0.1, 0.15) is 0 Å². The summed E-state index contributed by atoms with van der Waals surface area (Å²) in [5.74, 6) is -0.0866. The van der Waals surface area contributed by atoms with Crippen molar-refractivity contribution in [2.75, 3.05) is 0 Å². The Morgan fingerprint density at radius 3 is 2.21 bits per heavy atom. The molecular formula is C20H34O3Si. The maximum Gasteiger partial charge on any atom is 0.192 e. The topological polar surface area (TPSA) is 43.4 Å². The number of rotatable bonds is 2. The summed E-state index contributed by atoms with van der Waals surface area (Å²) >= 11 is 0. The van der Waals surface area contributed by atoms with Crippen LogP contribution in [0.25, 0.3) is 0 Å². The second-order valence-corrected chi connectivity index (χ2v) is 14.9. The molecule has 0 spiro atoms. The van der Waals surface area contributed by atoms with Gasteiger partial charge in [-0.1, -0.05) is 34.6 Å². The zero-order valence-electron chi connectivity index (χ0n) is 16.9. The molecule has 0 aromatic carbocycles. The predicted octanol–water partition coefficient (Wildman–Crippen LogP) is 4.92. The molecule has 0 aromatic rings. The van der Waals surface area contributed by atoms with Gasteiger partial charge in [-0.05, 0) is 61.9 Å². The monoisotopic (exact) mass is 350 g/mol. The highest BCUT2D eigenvalue weighted by Gasteiger charge is 2.61. The molecule has 2 aliphatic rings. The van der Waals surface area contributed by atoms with Crippen LogP contribution in [-0.2, 0) is 14.0 Å². The van der Waals surface area contributed by atoms with Gasteiger partial charge in [0.25, 0.3) is 0 Å². The van der Waals surface area contributed by atoms with Crippen molar-refractivity contribution < 1.29 is 14.0 Å². The van der Waals surface area contributed by atoms with Crippen LogP contribution < -0.4 is 0 Å². The molecule has 0 aromatic heterocycles. The van der Waals surface area contributed by atoms with Crippen molar-refractivity contribution in [1.29, 1.82) is 0 Å². The Hall–Kier alpha value is -0.743. The molecule has 1 fully saturated rings. The van der Waals surface area contributed by atoms with Crippen LogP contribution >= 0.6 is 0 Å². The predicted molar refractivity (Wildman–Crippen MR) is 100 cm³/mol. The molecule has 2 rings (SSSR count). The summed E-state index contributed by atoms with van der Waals surface area (Å²) in [6.07, 6.45) is 3.15. The van der Waals surface area contributed by atoms with Crippen LogP contribution in [0, 0.1) is 16.7 Å². The zero-order valence-corrected chi connectivity index (χ0v) is 17.9. The number of carbonyl (C=O) groups is 2. The number of allylic oxidation sites excluding steroid dienone is 2. The number of Topliss-reactive ketones (excluding diaryl/α,β-unsaturated/α-hetero) is 1. The SMILES string of the molecule is CC1=CC(=O)[C@@H]2C(C)(C)CC[C@H](O[Si](C)(C)C(C)(C)C)[C@]2(C)C1=O. The maximum atomic E-state index is 13.2. The van der Waals surface area contributed by atoms with E-state index in [0.717, 1.165) is 12.8 Å². The first-order valence-electron chi connectivity index (χ1n) is 9.09. The number of hydrogen-bond donors (Lipinski definition) is 0. The van der Waals surface area contributed by atoms with Crippen LogP contribution in [-0.4, -0.2) is 26.0 Å². The molecule has 3 atom stereocenters. The van der Waals surface area contributed by atoms with Gasteiger partial charge in [0.05, 0.1) is 11.5 Å². The van der Waals surface area contributed by atoms with E-state index in [1.54, 1.807) is 13.0 Å². The van der Waals surface area contributed by atoms with Gasteiger partial charge in [0.2, 0.25) is 0 Å². The zero-order chi connectivity index (χ0) is 18.7. The van der Waals surface area contributed by atoms with E-state index in [4.69, 9.17) is 4.43 Å². The highest BCUT2D eigenvalue weighted by Crippen LogP contribution is 2.56. The Kier molecular flexibility index (Phi) is 4.59. The first-order valence-corrected chi connectivity index (χ1v) is 12.0. The maximum absolute atomic E-state index is 13.2. The van der Waals surface area contributed by atoms with Gasteiger partial charge >= 0.3 is 0 Å². The van der Waals surface area contributed by atoms with E-state index < -0.39 is 13.7 Å². The fourth-order valence-corrected chi connectivity index (χ4v) is 5.83. The lowest BCUT2D eigenvalue weighted by Gasteiger charge is -2.56. The fraction of sp³-hybridized carbons (Fsp3) is 0.800. The molecule has 24 heavy (non-hydrogen) atoms. The van der Waals surface area contributed by atoms with Gasteiger partial charge in [-0.15, -0.1) is 0 Å². The molecule has 4 heteroatoms. The third kappa shape index (κ3) is 2.86. The summed E-state index contributed by atoms with van der Waals surface area (Å²) in [5.41, 5.74) is -0.334. The van der Waals surface area contributed by atoms with E-state index >= 15 is 0 Å². The molecule has 0 heterocycles. The third-order valence-corrected chi connectivity index (χ3v) is 11.3.